The van der Waals surface area contributed by atoms with Crippen LogP contribution >= 0.6 is 24.2 Å². The molecule has 0 bridgehead atoms. The summed E-state index contributed by atoms with van der Waals surface area (Å²) in [5.41, 5.74) is 8.01. The van der Waals surface area contributed by atoms with Gasteiger partial charge in [0, 0.05) is 27.3 Å². The standard InChI is InChI=1S/C18H28N2OS.ClH/c1-12-10-15(22-18(2,3)4)8-9-16(12)20-17(21)13-6-5-7-14(19)11-13;/h8-10,13-14H,5-7,11,19H2,1-4H3,(H,20,21);1H. The van der Waals surface area contributed by atoms with E-state index >= 15 is 0 Å². The highest BCUT2D eigenvalue weighted by atomic mass is 35.5. The highest BCUT2D eigenvalue weighted by Crippen LogP contribution is 2.34. The van der Waals surface area contributed by atoms with Gasteiger partial charge >= 0.3 is 0 Å². The van der Waals surface area contributed by atoms with Crippen LogP contribution in [0.5, 0.6) is 0 Å². The summed E-state index contributed by atoms with van der Waals surface area (Å²) >= 11 is 1.84. The van der Waals surface area contributed by atoms with E-state index in [9.17, 15) is 4.79 Å². The summed E-state index contributed by atoms with van der Waals surface area (Å²) in [6.07, 6.45) is 3.86. The second kappa shape index (κ2) is 8.41. The van der Waals surface area contributed by atoms with Gasteiger partial charge in [-0.2, -0.15) is 0 Å². The molecular formula is C18H29ClN2OS. The number of amides is 1. The van der Waals surface area contributed by atoms with Gasteiger partial charge in [-0.25, -0.2) is 0 Å². The number of anilines is 1. The van der Waals surface area contributed by atoms with Gasteiger partial charge in [-0.05, 0) is 49.9 Å². The lowest BCUT2D eigenvalue weighted by Gasteiger charge is -2.26. The Bertz CT molecular complexity index is 542. The smallest absolute Gasteiger partial charge is 0.227 e. The van der Waals surface area contributed by atoms with E-state index < -0.39 is 0 Å². The van der Waals surface area contributed by atoms with E-state index in [0.717, 1.165) is 36.9 Å². The van der Waals surface area contributed by atoms with Gasteiger partial charge in [-0.15, -0.1) is 24.2 Å². The number of carbonyl (C=O) groups excluding carboxylic acids is 1. The molecule has 1 amide bonds. The van der Waals surface area contributed by atoms with Crippen LogP contribution in [0.25, 0.3) is 0 Å². The van der Waals surface area contributed by atoms with Crippen LogP contribution in [-0.4, -0.2) is 16.7 Å². The third-order valence-electron chi connectivity index (χ3n) is 3.97. The summed E-state index contributed by atoms with van der Waals surface area (Å²) in [7, 11) is 0. The molecule has 3 nitrogen and oxygen atoms in total. The Hall–Kier alpha value is -0.710. The molecule has 1 aliphatic carbocycles. The first-order valence-corrected chi connectivity index (χ1v) is 8.92. The zero-order chi connectivity index (χ0) is 16.3. The topological polar surface area (TPSA) is 55.1 Å². The van der Waals surface area contributed by atoms with E-state index in [2.05, 4.69) is 45.1 Å². The number of benzene rings is 1. The van der Waals surface area contributed by atoms with Crippen molar-refractivity contribution in [3.05, 3.63) is 23.8 Å². The Balaban J connectivity index is 0.00000264. The molecule has 0 aromatic heterocycles. The van der Waals surface area contributed by atoms with Gasteiger partial charge in [0.1, 0.15) is 0 Å². The number of carbonyl (C=O) groups is 1. The maximum Gasteiger partial charge on any atom is 0.227 e. The second-order valence-electron chi connectivity index (χ2n) is 7.30. The highest BCUT2D eigenvalue weighted by molar-refractivity contribution is 8.00. The zero-order valence-electron chi connectivity index (χ0n) is 14.5. The lowest BCUT2D eigenvalue weighted by atomic mass is 9.85. The Kier molecular flexibility index (Phi) is 7.43. The molecule has 0 heterocycles. The Morgan fingerprint density at radius 3 is 2.57 bits per heavy atom. The van der Waals surface area contributed by atoms with E-state index in [1.54, 1.807) is 0 Å². The minimum atomic E-state index is 0. The highest BCUT2D eigenvalue weighted by Gasteiger charge is 2.25. The third kappa shape index (κ3) is 6.36. The fourth-order valence-electron chi connectivity index (χ4n) is 2.89. The van der Waals surface area contributed by atoms with E-state index in [1.165, 1.54) is 4.90 Å². The molecule has 0 saturated heterocycles. The summed E-state index contributed by atoms with van der Waals surface area (Å²) in [4.78, 5) is 13.6. The van der Waals surface area contributed by atoms with Crippen LogP contribution in [-0.2, 0) is 4.79 Å². The van der Waals surface area contributed by atoms with Gasteiger partial charge in [-0.1, -0.05) is 27.2 Å². The molecule has 130 valence electrons. The van der Waals surface area contributed by atoms with Gasteiger partial charge in [-0.3, -0.25) is 4.79 Å². The first kappa shape index (κ1) is 20.3. The molecule has 1 aromatic carbocycles. The SMILES string of the molecule is Cc1cc(SC(C)(C)C)ccc1NC(=O)C1CCCC(N)C1.Cl. The summed E-state index contributed by atoms with van der Waals surface area (Å²) in [5, 5.41) is 3.09. The lowest BCUT2D eigenvalue weighted by Crippen LogP contribution is -2.34. The number of nitrogens with one attached hydrogen (secondary N) is 1. The molecule has 2 unspecified atom stereocenters. The predicted octanol–water partition coefficient (Wildman–Crippen LogP) is 4.76. The zero-order valence-corrected chi connectivity index (χ0v) is 16.2. The average molecular weight is 357 g/mol. The number of hydrogen-bond acceptors (Lipinski definition) is 3. The monoisotopic (exact) mass is 356 g/mol. The molecule has 3 N–H and O–H groups in total. The number of halogens is 1. The van der Waals surface area contributed by atoms with Crippen LogP contribution in [0.1, 0.15) is 52.0 Å². The van der Waals surface area contributed by atoms with Gasteiger partial charge in [0.2, 0.25) is 5.91 Å². The number of thioether (sulfide) groups is 1. The number of aryl methyl sites for hydroxylation is 1. The van der Waals surface area contributed by atoms with Gasteiger partial charge in [0.15, 0.2) is 0 Å². The Morgan fingerprint density at radius 2 is 2.00 bits per heavy atom. The van der Waals surface area contributed by atoms with Crippen molar-refractivity contribution >= 4 is 35.8 Å². The Morgan fingerprint density at radius 1 is 1.30 bits per heavy atom. The van der Waals surface area contributed by atoms with Crippen LogP contribution in [0, 0.1) is 12.8 Å². The van der Waals surface area contributed by atoms with Crippen LogP contribution in [0.3, 0.4) is 0 Å². The molecule has 0 radical (unpaired) electrons. The molecule has 1 aliphatic rings. The second-order valence-corrected chi connectivity index (χ2v) is 9.20. The number of nitrogens with two attached hydrogens (primary N) is 1. The molecule has 0 spiro atoms. The van der Waals surface area contributed by atoms with Crippen LogP contribution in [0.15, 0.2) is 23.1 Å². The lowest BCUT2D eigenvalue weighted by molar-refractivity contribution is -0.120. The predicted molar refractivity (Wildman–Crippen MR) is 103 cm³/mol. The van der Waals surface area contributed by atoms with Crippen LogP contribution in [0.2, 0.25) is 0 Å². The molecule has 0 aliphatic heterocycles. The van der Waals surface area contributed by atoms with Crippen molar-refractivity contribution in [1.82, 2.24) is 0 Å². The molecule has 2 rings (SSSR count). The molecule has 23 heavy (non-hydrogen) atoms. The van der Waals surface area contributed by atoms with Crippen LogP contribution in [0.4, 0.5) is 5.69 Å². The normalized spacial score (nSPS) is 21.4. The molecular weight excluding hydrogens is 328 g/mol. The summed E-state index contributed by atoms with van der Waals surface area (Å²) in [6.45, 7) is 8.66. The molecule has 1 saturated carbocycles. The van der Waals surface area contributed by atoms with Crippen molar-refractivity contribution in [3.63, 3.8) is 0 Å². The van der Waals surface area contributed by atoms with E-state index in [1.807, 2.05) is 17.8 Å². The first-order valence-electron chi connectivity index (χ1n) is 8.11. The molecule has 2 atom stereocenters. The van der Waals surface area contributed by atoms with E-state index in [0.29, 0.717) is 0 Å². The van der Waals surface area contributed by atoms with Gasteiger partial charge < -0.3 is 11.1 Å². The Labute approximate surface area is 150 Å². The quantitative estimate of drug-likeness (QED) is 0.767. The van der Waals surface area contributed by atoms with Crippen molar-refractivity contribution in [1.29, 1.82) is 0 Å². The summed E-state index contributed by atoms with van der Waals surface area (Å²) < 4.78 is 0.190. The largest absolute Gasteiger partial charge is 0.328 e. The van der Waals surface area contributed by atoms with Crippen molar-refractivity contribution in [2.45, 2.75) is 69.1 Å². The van der Waals surface area contributed by atoms with Gasteiger partial charge in [0.05, 0.1) is 0 Å². The maximum absolute atomic E-state index is 12.4. The van der Waals surface area contributed by atoms with E-state index in [4.69, 9.17) is 5.73 Å². The van der Waals surface area contributed by atoms with Crippen molar-refractivity contribution in [3.8, 4) is 0 Å². The van der Waals surface area contributed by atoms with Crippen molar-refractivity contribution in [2.24, 2.45) is 11.7 Å². The maximum atomic E-state index is 12.4. The number of hydrogen-bond donors (Lipinski definition) is 2. The molecule has 1 fully saturated rings. The van der Waals surface area contributed by atoms with Gasteiger partial charge in [0.25, 0.3) is 0 Å². The summed E-state index contributed by atoms with van der Waals surface area (Å²) in [5.74, 6) is 0.182. The minimum Gasteiger partial charge on any atom is -0.328 e. The fraction of sp³-hybridized carbons (Fsp3) is 0.611. The van der Waals surface area contributed by atoms with Crippen molar-refractivity contribution in [2.75, 3.05) is 5.32 Å². The summed E-state index contributed by atoms with van der Waals surface area (Å²) in [6, 6.07) is 6.43. The van der Waals surface area contributed by atoms with Crippen LogP contribution < -0.4 is 11.1 Å². The minimum absolute atomic E-state index is 0. The number of rotatable bonds is 3. The first-order chi connectivity index (χ1) is 10.2. The van der Waals surface area contributed by atoms with E-state index in [-0.39, 0.29) is 35.0 Å². The fourth-order valence-corrected chi connectivity index (χ4v) is 3.97. The average Bonchev–Trinajstić information content (AvgIpc) is 2.40. The third-order valence-corrected chi connectivity index (χ3v) is 5.07. The van der Waals surface area contributed by atoms with Crippen molar-refractivity contribution < 1.29 is 4.79 Å². The molecule has 5 heteroatoms. The molecule has 1 aromatic rings.